The zero-order valence-corrected chi connectivity index (χ0v) is 14.4. The summed E-state index contributed by atoms with van der Waals surface area (Å²) >= 11 is 0. The molecule has 1 saturated heterocycles. The Morgan fingerprint density at radius 2 is 1.96 bits per heavy atom. The van der Waals surface area contributed by atoms with E-state index in [0.29, 0.717) is 45.6 Å². The van der Waals surface area contributed by atoms with Crippen molar-refractivity contribution in [2.75, 3.05) is 26.2 Å². The maximum Gasteiger partial charge on any atom is 0.250 e. The van der Waals surface area contributed by atoms with E-state index >= 15 is 0 Å². The van der Waals surface area contributed by atoms with Crippen LogP contribution in [0.25, 0.3) is 0 Å². The third-order valence-corrected chi connectivity index (χ3v) is 4.28. The lowest BCUT2D eigenvalue weighted by molar-refractivity contribution is -0.135. The molecule has 1 aromatic carbocycles. The van der Waals surface area contributed by atoms with Gasteiger partial charge < -0.3 is 20.3 Å². The molecule has 2 aliphatic rings. The molecule has 0 spiro atoms. The number of carbonyl (C=O) groups is 2. The Balaban J connectivity index is 0.00000208. The van der Waals surface area contributed by atoms with Gasteiger partial charge in [0.1, 0.15) is 6.10 Å². The van der Waals surface area contributed by atoms with Gasteiger partial charge in [0.15, 0.2) is 0 Å². The molecule has 1 atom stereocenters. The topological polar surface area (TPSA) is 70.7 Å². The van der Waals surface area contributed by atoms with E-state index in [2.05, 4.69) is 22.8 Å². The molecule has 0 bridgehead atoms. The van der Waals surface area contributed by atoms with E-state index in [9.17, 15) is 9.59 Å². The lowest BCUT2D eigenvalue weighted by Gasteiger charge is -2.22. The number of morpholine rings is 1. The highest BCUT2D eigenvalue weighted by atomic mass is 35.5. The van der Waals surface area contributed by atoms with Crippen molar-refractivity contribution in [3.63, 3.8) is 0 Å². The molecule has 3 rings (SSSR count). The summed E-state index contributed by atoms with van der Waals surface area (Å²) in [5.74, 6) is 0.0456. The smallest absolute Gasteiger partial charge is 0.250 e. The second kappa shape index (κ2) is 9.01. The molecule has 0 radical (unpaired) electrons. The molecule has 6 nitrogen and oxygen atoms in total. The largest absolute Gasteiger partial charge is 0.366 e. The monoisotopic (exact) mass is 353 g/mol. The summed E-state index contributed by atoms with van der Waals surface area (Å²) in [6, 6.07) is 8.15. The third-order valence-electron chi connectivity index (χ3n) is 4.28. The minimum absolute atomic E-state index is 0. The molecule has 0 aliphatic carbocycles. The second-order valence-electron chi connectivity index (χ2n) is 5.98. The number of ether oxygens (including phenoxy) is 1. The van der Waals surface area contributed by atoms with E-state index in [1.165, 1.54) is 11.1 Å². The van der Waals surface area contributed by atoms with Crippen molar-refractivity contribution in [3.05, 3.63) is 35.4 Å². The second-order valence-corrected chi connectivity index (χ2v) is 5.98. The summed E-state index contributed by atoms with van der Waals surface area (Å²) in [4.78, 5) is 26.0. The molecule has 24 heavy (non-hydrogen) atoms. The van der Waals surface area contributed by atoms with Gasteiger partial charge in [0, 0.05) is 39.1 Å². The fraction of sp³-hybridized carbons (Fsp3) is 0.529. The average molecular weight is 354 g/mol. The number of hydrogen-bond acceptors (Lipinski definition) is 4. The summed E-state index contributed by atoms with van der Waals surface area (Å²) in [6.45, 7) is 3.80. The number of fused-ring (bicyclic) bond motifs is 1. The third kappa shape index (κ3) is 4.69. The first kappa shape index (κ1) is 18.7. The zero-order valence-electron chi connectivity index (χ0n) is 13.6. The molecule has 1 unspecified atom stereocenters. The normalized spacial score (nSPS) is 19.3. The molecule has 0 aromatic heterocycles. The van der Waals surface area contributed by atoms with Gasteiger partial charge in [-0.2, -0.15) is 0 Å². The number of amides is 2. The average Bonchev–Trinajstić information content (AvgIpc) is 3.03. The van der Waals surface area contributed by atoms with Gasteiger partial charge in [-0.3, -0.25) is 9.59 Å². The van der Waals surface area contributed by atoms with E-state index in [-0.39, 0.29) is 24.2 Å². The van der Waals surface area contributed by atoms with Gasteiger partial charge in [-0.1, -0.05) is 24.3 Å². The van der Waals surface area contributed by atoms with Crippen LogP contribution in [-0.4, -0.2) is 49.1 Å². The maximum atomic E-state index is 12.2. The molecular weight excluding hydrogens is 330 g/mol. The Kier molecular flexibility index (Phi) is 7.02. The van der Waals surface area contributed by atoms with Gasteiger partial charge in [-0.05, 0) is 17.5 Å². The van der Waals surface area contributed by atoms with Crippen molar-refractivity contribution in [2.45, 2.75) is 32.0 Å². The Labute approximate surface area is 148 Å². The Morgan fingerprint density at radius 1 is 1.25 bits per heavy atom. The van der Waals surface area contributed by atoms with Crippen LogP contribution < -0.4 is 10.6 Å². The zero-order chi connectivity index (χ0) is 16.1. The van der Waals surface area contributed by atoms with Crippen LogP contribution in [0.2, 0.25) is 0 Å². The predicted octanol–water partition coefficient (Wildman–Crippen LogP) is 0.835. The van der Waals surface area contributed by atoms with Gasteiger partial charge in [0.2, 0.25) is 11.8 Å². The molecule has 0 saturated carbocycles. The highest BCUT2D eigenvalue weighted by molar-refractivity contribution is 5.85. The predicted molar refractivity (Wildman–Crippen MR) is 92.8 cm³/mol. The molecule has 2 heterocycles. The van der Waals surface area contributed by atoms with Crippen molar-refractivity contribution in [2.24, 2.45) is 0 Å². The standard InChI is InChI=1S/C17H23N3O3.ClH/c21-16(20-11-13-4-1-2-5-14(13)12-20)6-3-7-19-17(22)15-10-18-8-9-23-15;/h1-2,4-5,15,18H,3,6-12H2,(H,19,22);1H. The molecule has 132 valence electrons. The lowest BCUT2D eigenvalue weighted by atomic mass is 10.1. The Morgan fingerprint density at radius 3 is 2.58 bits per heavy atom. The minimum Gasteiger partial charge on any atom is -0.366 e. The summed E-state index contributed by atoms with van der Waals surface area (Å²) in [5.41, 5.74) is 2.47. The number of carbonyl (C=O) groups excluding carboxylic acids is 2. The maximum absolute atomic E-state index is 12.2. The fourth-order valence-electron chi connectivity index (χ4n) is 2.97. The van der Waals surface area contributed by atoms with Crippen LogP contribution in [0.15, 0.2) is 24.3 Å². The van der Waals surface area contributed by atoms with Gasteiger partial charge in [-0.25, -0.2) is 0 Å². The first-order valence-electron chi connectivity index (χ1n) is 8.18. The summed E-state index contributed by atoms with van der Waals surface area (Å²) in [6.07, 6.45) is 0.697. The summed E-state index contributed by atoms with van der Waals surface area (Å²) < 4.78 is 5.39. The van der Waals surface area contributed by atoms with Crippen molar-refractivity contribution in [1.82, 2.24) is 15.5 Å². The van der Waals surface area contributed by atoms with Crippen LogP contribution in [0.4, 0.5) is 0 Å². The first-order chi connectivity index (χ1) is 11.2. The van der Waals surface area contributed by atoms with E-state index in [1.807, 2.05) is 17.0 Å². The van der Waals surface area contributed by atoms with Gasteiger partial charge in [0.25, 0.3) is 0 Å². The van der Waals surface area contributed by atoms with E-state index in [0.717, 1.165) is 6.54 Å². The summed E-state index contributed by atoms with van der Waals surface area (Å²) in [5, 5.41) is 5.96. The van der Waals surface area contributed by atoms with Crippen molar-refractivity contribution in [1.29, 1.82) is 0 Å². The highest BCUT2D eigenvalue weighted by Gasteiger charge is 2.23. The van der Waals surface area contributed by atoms with E-state index in [4.69, 9.17) is 4.74 Å². The Hall–Kier alpha value is -1.63. The number of rotatable bonds is 5. The van der Waals surface area contributed by atoms with Crippen LogP contribution in [-0.2, 0) is 27.4 Å². The van der Waals surface area contributed by atoms with Crippen LogP contribution in [0, 0.1) is 0 Å². The molecule has 2 amide bonds. The van der Waals surface area contributed by atoms with Crippen molar-refractivity contribution >= 4 is 24.2 Å². The van der Waals surface area contributed by atoms with Crippen LogP contribution in [0.3, 0.4) is 0 Å². The van der Waals surface area contributed by atoms with Gasteiger partial charge in [-0.15, -0.1) is 12.4 Å². The highest BCUT2D eigenvalue weighted by Crippen LogP contribution is 2.22. The van der Waals surface area contributed by atoms with E-state index < -0.39 is 6.10 Å². The van der Waals surface area contributed by atoms with Crippen LogP contribution >= 0.6 is 12.4 Å². The molecule has 1 fully saturated rings. The number of halogens is 1. The molecule has 2 N–H and O–H groups in total. The Bertz CT molecular complexity index is 551. The number of benzene rings is 1. The van der Waals surface area contributed by atoms with Crippen molar-refractivity contribution < 1.29 is 14.3 Å². The van der Waals surface area contributed by atoms with Crippen molar-refractivity contribution in [3.8, 4) is 0 Å². The first-order valence-corrected chi connectivity index (χ1v) is 8.18. The van der Waals surface area contributed by atoms with Gasteiger partial charge in [0.05, 0.1) is 6.61 Å². The van der Waals surface area contributed by atoms with Crippen LogP contribution in [0.1, 0.15) is 24.0 Å². The number of nitrogens with one attached hydrogen (secondary N) is 2. The van der Waals surface area contributed by atoms with Crippen LogP contribution in [0.5, 0.6) is 0 Å². The molecule has 7 heteroatoms. The SMILES string of the molecule is Cl.O=C(NCCCC(=O)N1Cc2ccccc2C1)C1CNCCO1. The number of nitrogens with zero attached hydrogens (tertiary/aromatic N) is 1. The molecule has 1 aromatic rings. The number of hydrogen-bond donors (Lipinski definition) is 2. The van der Waals surface area contributed by atoms with Gasteiger partial charge >= 0.3 is 0 Å². The summed E-state index contributed by atoms with van der Waals surface area (Å²) in [7, 11) is 0. The fourth-order valence-corrected chi connectivity index (χ4v) is 2.97. The minimum atomic E-state index is -0.410. The molecule has 2 aliphatic heterocycles. The quantitative estimate of drug-likeness (QED) is 0.769. The molecular formula is C17H24ClN3O3. The van der Waals surface area contributed by atoms with E-state index in [1.54, 1.807) is 0 Å². The lowest BCUT2D eigenvalue weighted by Crippen LogP contribution is -2.48.